The first kappa shape index (κ1) is 22.3. The van der Waals surface area contributed by atoms with Crippen molar-refractivity contribution in [2.75, 3.05) is 7.11 Å². The number of likely N-dealkylation sites (tertiary alicyclic amines) is 1. The number of benzene rings is 2. The summed E-state index contributed by atoms with van der Waals surface area (Å²) >= 11 is 0. The standard InChI is InChI=1S/C29H29FN2O2/c1-34-25-14-9-20(10-15-25)19-32-28(26-7-2-3-8-27(26)29(32)33)16-13-24-12-11-22(18-31-24)21-5-4-6-23(30)17-21/h4-6,9-18,26-28H,2-3,7-8,19H2,1H3/b16-13+/t26-,27+,28+/m1/s1. The van der Waals surface area contributed by atoms with E-state index in [-0.39, 0.29) is 23.7 Å². The van der Waals surface area contributed by atoms with Crippen LogP contribution in [0.5, 0.6) is 5.75 Å². The molecule has 1 saturated carbocycles. The number of amides is 1. The Balaban J connectivity index is 1.37. The Bertz CT molecular complexity index is 1170. The van der Waals surface area contributed by atoms with Gasteiger partial charge in [-0.25, -0.2) is 4.39 Å². The number of hydrogen-bond acceptors (Lipinski definition) is 3. The van der Waals surface area contributed by atoms with E-state index >= 15 is 0 Å². The van der Waals surface area contributed by atoms with Gasteiger partial charge < -0.3 is 9.64 Å². The molecule has 0 unspecified atom stereocenters. The number of nitrogens with zero attached hydrogens (tertiary/aromatic N) is 2. The van der Waals surface area contributed by atoms with E-state index in [2.05, 4.69) is 11.1 Å². The summed E-state index contributed by atoms with van der Waals surface area (Å²) in [4.78, 5) is 20.0. The van der Waals surface area contributed by atoms with E-state index in [4.69, 9.17) is 4.74 Å². The lowest BCUT2D eigenvalue weighted by atomic mass is 9.78. The van der Waals surface area contributed by atoms with E-state index in [0.29, 0.717) is 12.5 Å². The maximum Gasteiger partial charge on any atom is 0.226 e. The number of carbonyl (C=O) groups is 1. The lowest BCUT2D eigenvalue weighted by Crippen LogP contribution is -2.33. The van der Waals surface area contributed by atoms with Gasteiger partial charge in [0, 0.05) is 24.2 Å². The molecule has 1 aliphatic heterocycles. The zero-order valence-corrected chi connectivity index (χ0v) is 19.4. The van der Waals surface area contributed by atoms with Crippen LogP contribution in [0.1, 0.15) is 36.9 Å². The molecule has 5 heteroatoms. The van der Waals surface area contributed by atoms with Crippen molar-refractivity contribution in [1.29, 1.82) is 0 Å². The number of rotatable bonds is 6. The van der Waals surface area contributed by atoms with Gasteiger partial charge in [0.25, 0.3) is 0 Å². The summed E-state index contributed by atoms with van der Waals surface area (Å²) < 4.78 is 18.8. The highest BCUT2D eigenvalue weighted by molar-refractivity contribution is 5.83. The molecule has 1 aromatic heterocycles. The molecule has 34 heavy (non-hydrogen) atoms. The first-order valence-corrected chi connectivity index (χ1v) is 12.0. The average Bonchev–Trinajstić information content (AvgIpc) is 3.14. The number of aromatic nitrogens is 1. The van der Waals surface area contributed by atoms with Crippen LogP contribution in [-0.4, -0.2) is 28.9 Å². The fourth-order valence-electron chi connectivity index (χ4n) is 5.36. The summed E-state index contributed by atoms with van der Waals surface area (Å²) in [6.07, 6.45) is 10.3. The number of ether oxygens (including phenoxy) is 1. The molecular formula is C29H29FN2O2. The van der Waals surface area contributed by atoms with Crippen molar-refractivity contribution in [3.8, 4) is 16.9 Å². The van der Waals surface area contributed by atoms with E-state index in [1.165, 1.54) is 18.6 Å². The highest BCUT2D eigenvalue weighted by atomic mass is 19.1. The van der Waals surface area contributed by atoms with Gasteiger partial charge in [0.2, 0.25) is 5.91 Å². The van der Waals surface area contributed by atoms with E-state index in [1.54, 1.807) is 19.4 Å². The van der Waals surface area contributed by atoms with Crippen LogP contribution in [-0.2, 0) is 11.3 Å². The van der Waals surface area contributed by atoms with Gasteiger partial charge in [0.1, 0.15) is 11.6 Å². The van der Waals surface area contributed by atoms with Gasteiger partial charge in [0.15, 0.2) is 0 Å². The third-order valence-electron chi connectivity index (χ3n) is 7.14. The second-order valence-electron chi connectivity index (χ2n) is 9.20. The first-order chi connectivity index (χ1) is 16.6. The van der Waals surface area contributed by atoms with Crippen molar-refractivity contribution in [2.45, 2.75) is 38.3 Å². The largest absolute Gasteiger partial charge is 0.497 e. The minimum absolute atomic E-state index is 0.0598. The Hall–Kier alpha value is -3.47. The lowest BCUT2D eigenvalue weighted by Gasteiger charge is -2.27. The minimum atomic E-state index is -0.258. The van der Waals surface area contributed by atoms with Crippen molar-refractivity contribution in [1.82, 2.24) is 9.88 Å². The highest BCUT2D eigenvalue weighted by Gasteiger charge is 2.47. The average molecular weight is 457 g/mol. The lowest BCUT2D eigenvalue weighted by molar-refractivity contribution is -0.132. The van der Waals surface area contributed by atoms with Gasteiger partial charge in [0.05, 0.1) is 18.8 Å². The van der Waals surface area contributed by atoms with Crippen molar-refractivity contribution in [3.05, 3.63) is 90.0 Å². The predicted molar refractivity (Wildman–Crippen MR) is 131 cm³/mol. The number of hydrogen-bond donors (Lipinski definition) is 0. The van der Waals surface area contributed by atoms with Crippen LogP contribution in [0.2, 0.25) is 0 Å². The van der Waals surface area contributed by atoms with Gasteiger partial charge in [-0.3, -0.25) is 9.78 Å². The van der Waals surface area contributed by atoms with Gasteiger partial charge in [-0.15, -0.1) is 0 Å². The highest BCUT2D eigenvalue weighted by Crippen LogP contribution is 2.42. The SMILES string of the molecule is COc1ccc(CN2C(=O)[C@H]3CCCC[C@H]3[C@@H]2/C=C/c2ccc(-c3cccc(F)c3)cn2)cc1. The van der Waals surface area contributed by atoms with E-state index < -0.39 is 0 Å². The molecule has 2 aliphatic rings. The molecule has 3 atom stereocenters. The molecule has 1 aliphatic carbocycles. The number of fused-ring (bicyclic) bond motifs is 1. The molecule has 0 spiro atoms. The van der Waals surface area contributed by atoms with Crippen LogP contribution in [0.4, 0.5) is 4.39 Å². The van der Waals surface area contributed by atoms with Crippen LogP contribution in [0.3, 0.4) is 0 Å². The van der Waals surface area contributed by atoms with Crippen LogP contribution in [0, 0.1) is 17.7 Å². The monoisotopic (exact) mass is 456 g/mol. The smallest absolute Gasteiger partial charge is 0.226 e. The second-order valence-corrected chi connectivity index (χ2v) is 9.20. The Morgan fingerprint density at radius 2 is 1.88 bits per heavy atom. The summed E-state index contributed by atoms with van der Waals surface area (Å²) in [5.74, 6) is 1.29. The molecule has 4 nitrogen and oxygen atoms in total. The molecule has 2 fully saturated rings. The molecule has 1 saturated heterocycles. The number of methoxy groups -OCH3 is 1. The summed E-state index contributed by atoms with van der Waals surface area (Å²) in [7, 11) is 1.66. The number of halogens is 1. The van der Waals surface area contributed by atoms with E-state index in [1.807, 2.05) is 53.4 Å². The summed E-state index contributed by atoms with van der Waals surface area (Å²) in [5, 5.41) is 0. The normalized spacial score (nSPS) is 22.2. The Kier molecular flexibility index (Phi) is 6.43. The molecule has 0 bridgehead atoms. The third-order valence-corrected chi connectivity index (χ3v) is 7.14. The molecule has 1 amide bonds. The molecule has 0 N–H and O–H groups in total. The van der Waals surface area contributed by atoms with Crippen LogP contribution >= 0.6 is 0 Å². The van der Waals surface area contributed by atoms with E-state index in [9.17, 15) is 9.18 Å². The number of carbonyl (C=O) groups excluding carboxylic acids is 1. The third kappa shape index (κ3) is 4.60. The quantitative estimate of drug-likeness (QED) is 0.448. The fourth-order valence-corrected chi connectivity index (χ4v) is 5.36. The summed E-state index contributed by atoms with van der Waals surface area (Å²) in [6.45, 7) is 0.594. The maximum atomic E-state index is 13.6. The van der Waals surface area contributed by atoms with Gasteiger partial charge >= 0.3 is 0 Å². The first-order valence-electron chi connectivity index (χ1n) is 12.0. The molecule has 2 aromatic carbocycles. The second kappa shape index (κ2) is 9.80. The summed E-state index contributed by atoms with van der Waals surface area (Å²) in [6, 6.07) is 18.4. The zero-order valence-electron chi connectivity index (χ0n) is 19.4. The van der Waals surface area contributed by atoms with Gasteiger partial charge in [-0.1, -0.05) is 49.2 Å². The zero-order chi connectivity index (χ0) is 23.5. The topological polar surface area (TPSA) is 42.4 Å². The summed E-state index contributed by atoms with van der Waals surface area (Å²) in [5.41, 5.74) is 3.61. The van der Waals surface area contributed by atoms with Crippen molar-refractivity contribution >= 4 is 12.0 Å². The van der Waals surface area contributed by atoms with Crippen LogP contribution < -0.4 is 4.74 Å². The Labute approximate surface area is 200 Å². The van der Waals surface area contributed by atoms with Crippen molar-refractivity contribution in [2.24, 2.45) is 11.8 Å². The molecule has 5 rings (SSSR count). The molecule has 3 aromatic rings. The van der Waals surface area contributed by atoms with Crippen molar-refractivity contribution < 1.29 is 13.9 Å². The Morgan fingerprint density at radius 1 is 1.06 bits per heavy atom. The Morgan fingerprint density at radius 3 is 2.62 bits per heavy atom. The molecule has 174 valence electrons. The molecule has 0 radical (unpaired) electrons. The van der Waals surface area contributed by atoms with Crippen LogP contribution in [0.25, 0.3) is 17.2 Å². The maximum absolute atomic E-state index is 13.6. The predicted octanol–water partition coefficient (Wildman–Crippen LogP) is 6.13. The molecule has 2 heterocycles. The van der Waals surface area contributed by atoms with Crippen LogP contribution in [0.15, 0.2) is 72.9 Å². The van der Waals surface area contributed by atoms with Gasteiger partial charge in [-0.2, -0.15) is 0 Å². The minimum Gasteiger partial charge on any atom is -0.497 e. The number of pyridine rings is 1. The molecular weight excluding hydrogens is 427 g/mol. The fraction of sp³-hybridized carbons (Fsp3) is 0.310. The van der Waals surface area contributed by atoms with Crippen molar-refractivity contribution in [3.63, 3.8) is 0 Å². The van der Waals surface area contributed by atoms with Gasteiger partial charge in [-0.05, 0) is 66.3 Å². The van der Waals surface area contributed by atoms with E-state index in [0.717, 1.165) is 47.4 Å².